The first-order valence-electron chi connectivity index (χ1n) is 9.29. The van der Waals surface area contributed by atoms with Crippen LogP contribution in [0.5, 0.6) is 0 Å². The van der Waals surface area contributed by atoms with E-state index in [2.05, 4.69) is 9.97 Å². The van der Waals surface area contributed by atoms with Crippen LogP contribution in [0.2, 0.25) is 10.0 Å². The van der Waals surface area contributed by atoms with Crippen LogP contribution in [0.1, 0.15) is 19.3 Å². The van der Waals surface area contributed by atoms with Crippen LogP contribution in [0.4, 0.5) is 10.2 Å². The van der Waals surface area contributed by atoms with Crippen LogP contribution in [0.25, 0.3) is 22.0 Å². The summed E-state index contributed by atoms with van der Waals surface area (Å²) < 4.78 is 14.6. The summed E-state index contributed by atoms with van der Waals surface area (Å²) in [6.45, 7) is 1.27. The van der Waals surface area contributed by atoms with Gasteiger partial charge < -0.3 is 10.0 Å². The molecule has 0 bridgehead atoms. The van der Waals surface area contributed by atoms with Crippen molar-refractivity contribution in [2.75, 3.05) is 18.0 Å². The minimum atomic E-state index is -0.813. The van der Waals surface area contributed by atoms with Crippen molar-refractivity contribution < 1.29 is 14.3 Å². The summed E-state index contributed by atoms with van der Waals surface area (Å²) in [4.78, 5) is 21.8. The minimum absolute atomic E-state index is 0.0215. The lowest BCUT2D eigenvalue weighted by atomic mass is 9.94. The summed E-state index contributed by atoms with van der Waals surface area (Å²) in [5.41, 5.74) is 1.74. The predicted molar refractivity (Wildman–Crippen MR) is 112 cm³/mol. The maximum absolute atomic E-state index is 14.6. The number of hydrogen-bond donors (Lipinski definition) is 1. The third-order valence-electron chi connectivity index (χ3n) is 5.23. The predicted octanol–water partition coefficient (Wildman–Crippen LogP) is 5.43. The summed E-state index contributed by atoms with van der Waals surface area (Å²) in [5.74, 6) is -0.627. The molecule has 1 aromatic heterocycles. The zero-order valence-corrected chi connectivity index (χ0v) is 16.9. The van der Waals surface area contributed by atoms with Crippen molar-refractivity contribution in [2.24, 2.45) is 5.92 Å². The molecule has 0 saturated carbocycles. The monoisotopic (exact) mass is 433 g/mol. The molecule has 2 aromatic carbocycles. The van der Waals surface area contributed by atoms with Crippen LogP contribution in [-0.2, 0) is 4.79 Å². The van der Waals surface area contributed by atoms with E-state index >= 15 is 0 Å². The molecule has 0 radical (unpaired) electrons. The van der Waals surface area contributed by atoms with E-state index in [1.165, 1.54) is 12.4 Å². The molecule has 0 spiro atoms. The summed E-state index contributed by atoms with van der Waals surface area (Å²) in [5, 5.41) is 10.6. The van der Waals surface area contributed by atoms with E-state index in [0.29, 0.717) is 27.8 Å². The van der Waals surface area contributed by atoms with Crippen LogP contribution in [0.3, 0.4) is 0 Å². The smallest absolute Gasteiger partial charge is 0.303 e. The second-order valence-corrected chi connectivity index (χ2v) is 8.01. The zero-order valence-electron chi connectivity index (χ0n) is 15.4. The molecule has 1 atom stereocenters. The third-order valence-corrected chi connectivity index (χ3v) is 5.97. The van der Waals surface area contributed by atoms with Crippen molar-refractivity contribution in [3.8, 4) is 11.1 Å². The normalized spacial score (nSPS) is 16.9. The maximum Gasteiger partial charge on any atom is 0.303 e. The summed E-state index contributed by atoms with van der Waals surface area (Å²) in [6.07, 6.45) is 3.15. The van der Waals surface area contributed by atoms with Gasteiger partial charge in [0.2, 0.25) is 0 Å². The molecule has 8 heteroatoms. The molecule has 0 aliphatic carbocycles. The Hall–Kier alpha value is -2.44. The number of hydrogen-bond acceptors (Lipinski definition) is 4. The molecule has 2 heterocycles. The van der Waals surface area contributed by atoms with Gasteiger partial charge in [0.1, 0.15) is 23.5 Å². The average molecular weight is 434 g/mol. The van der Waals surface area contributed by atoms with Crippen molar-refractivity contribution >= 4 is 45.9 Å². The number of rotatable bonds is 4. The first kappa shape index (κ1) is 19.9. The molecular formula is C21H18Cl2FN3O2. The Kier molecular flexibility index (Phi) is 5.56. The van der Waals surface area contributed by atoms with E-state index < -0.39 is 11.8 Å². The van der Waals surface area contributed by atoms with Gasteiger partial charge in [-0.15, -0.1) is 0 Å². The fourth-order valence-electron chi connectivity index (χ4n) is 3.94. The van der Waals surface area contributed by atoms with Crippen LogP contribution in [0, 0.1) is 11.7 Å². The van der Waals surface area contributed by atoms with E-state index in [9.17, 15) is 9.18 Å². The number of anilines is 1. The van der Waals surface area contributed by atoms with Crippen LogP contribution in [-0.4, -0.2) is 34.1 Å². The van der Waals surface area contributed by atoms with Crippen molar-refractivity contribution in [3.63, 3.8) is 0 Å². The molecule has 5 nitrogen and oxygen atoms in total. The van der Waals surface area contributed by atoms with Gasteiger partial charge in [-0.05, 0) is 48.1 Å². The van der Waals surface area contributed by atoms with Crippen molar-refractivity contribution in [3.05, 3.63) is 52.5 Å². The number of aliphatic carboxylic acids is 1. The van der Waals surface area contributed by atoms with Crippen LogP contribution in [0.15, 0.2) is 36.7 Å². The molecule has 0 amide bonds. The van der Waals surface area contributed by atoms with Gasteiger partial charge in [0.25, 0.3) is 0 Å². The number of carbonyl (C=O) groups is 1. The average Bonchev–Trinajstić information content (AvgIpc) is 2.70. The molecule has 29 heavy (non-hydrogen) atoms. The Morgan fingerprint density at radius 2 is 2.03 bits per heavy atom. The van der Waals surface area contributed by atoms with Gasteiger partial charge in [-0.2, -0.15) is 0 Å². The van der Waals surface area contributed by atoms with Gasteiger partial charge in [-0.3, -0.25) is 4.79 Å². The maximum atomic E-state index is 14.6. The lowest BCUT2D eigenvalue weighted by molar-refractivity contribution is -0.138. The van der Waals surface area contributed by atoms with Gasteiger partial charge in [-0.25, -0.2) is 14.4 Å². The van der Waals surface area contributed by atoms with Gasteiger partial charge in [0, 0.05) is 19.5 Å². The number of carboxylic acids is 1. The highest BCUT2D eigenvalue weighted by molar-refractivity contribution is 6.42. The topological polar surface area (TPSA) is 66.3 Å². The Balaban J connectivity index is 1.85. The first-order valence-corrected chi connectivity index (χ1v) is 10.0. The third kappa shape index (κ3) is 4.00. The SMILES string of the molecule is O=C(O)C[C@H]1CCCN(c2ncnc3c(F)ccc(-c4ccc(Cl)c(Cl)c4)c23)C1. The Morgan fingerprint density at radius 3 is 2.79 bits per heavy atom. The number of halogens is 3. The fourth-order valence-corrected chi connectivity index (χ4v) is 4.24. The Morgan fingerprint density at radius 1 is 1.21 bits per heavy atom. The molecule has 0 unspecified atom stereocenters. The van der Waals surface area contributed by atoms with Gasteiger partial charge in [0.05, 0.1) is 15.4 Å². The highest BCUT2D eigenvalue weighted by atomic mass is 35.5. The summed E-state index contributed by atoms with van der Waals surface area (Å²) in [7, 11) is 0. The van der Waals surface area contributed by atoms with Crippen LogP contribution < -0.4 is 4.90 Å². The quantitative estimate of drug-likeness (QED) is 0.593. The van der Waals surface area contributed by atoms with Gasteiger partial charge >= 0.3 is 5.97 Å². The first-order chi connectivity index (χ1) is 13.9. The molecule has 1 N–H and O–H groups in total. The minimum Gasteiger partial charge on any atom is -0.481 e. The number of nitrogens with zero attached hydrogens (tertiary/aromatic N) is 3. The van der Waals surface area contributed by atoms with E-state index in [-0.39, 0.29) is 17.9 Å². The second-order valence-electron chi connectivity index (χ2n) is 7.20. The molecule has 150 valence electrons. The van der Waals surface area contributed by atoms with Crippen molar-refractivity contribution in [1.29, 1.82) is 0 Å². The van der Waals surface area contributed by atoms with Crippen molar-refractivity contribution in [2.45, 2.75) is 19.3 Å². The van der Waals surface area contributed by atoms with Crippen LogP contribution >= 0.6 is 23.2 Å². The number of benzene rings is 2. The highest BCUT2D eigenvalue weighted by Gasteiger charge is 2.26. The Bertz CT molecular complexity index is 1090. The van der Waals surface area contributed by atoms with E-state index in [1.54, 1.807) is 18.2 Å². The molecule has 4 rings (SSSR count). The van der Waals surface area contributed by atoms with E-state index in [4.69, 9.17) is 28.3 Å². The molecular weight excluding hydrogens is 416 g/mol. The summed E-state index contributed by atoms with van der Waals surface area (Å²) in [6, 6.07) is 8.31. The molecule has 1 saturated heterocycles. The standard InChI is InChI=1S/C21H18Cl2FN3O2/c22-15-5-3-13(9-16(15)23)14-4-6-17(24)20-19(14)21(26-11-25-20)27-7-1-2-12(10-27)8-18(28)29/h3-6,9,11-12H,1-2,7-8,10H2,(H,28,29)/t12-/m1/s1. The Labute approximate surface area is 177 Å². The molecule has 1 fully saturated rings. The lowest BCUT2D eigenvalue weighted by Crippen LogP contribution is -2.37. The van der Waals surface area contributed by atoms with E-state index in [0.717, 1.165) is 30.5 Å². The molecule has 1 aliphatic rings. The van der Waals surface area contributed by atoms with E-state index in [1.807, 2.05) is 11.0 Å². The van der Waals surface area contributed by atoms with Crippen molar-refractivity contribution in [1.82, 2.24) is 9.97 Å². The number of aromatic nitrogens is 2. The molecule has 3 aromatic rings. The number of fused-ring (bicyclic) bond motifs is 1. The van der Waals surface area contributed by atoms with Gasteiger partial charge in [0.15, 0.2) is 0 Å². The second kappa shape index (κ2) is 8.13. The lowest BCUT2D eigenvalue weighted by Gasteiger charge is -2.33. The number of carboxylic acid groups (broad SMARTS) is 1. The summed E-state index contributed by atoms with van der Waals surface area (Å²) >= 11 is 12.2. The highest BCUT2D eigenvalue weighted by Crippen LogP contribution is 2.38. The van der Waals surface area contributed by atoms with Gasteiger partial charge in [-0.1, -0.05) is 35.3 Å². The largest absolute Gasteiger partial charge is 0.481 e. The molecule has 1 aliphatic heterocycles. The number of piperidine rings is 1. The zero-order chi connectivity index (χ0) is 20.5. The fraction of sp³-hybridized carbons (Fsp3) is 0.286.